The number of benzene rings is 3. The lowest BCUT2D eigenvalue weighted by Gasteiger charge is -2.11. The first-order chi connectivity index (χ1) is 14.9. The van der Waals surface area contributed by atoms with Crippen molar-refractivity contribution >= 4 is 52.5 Å². The van der Waals surface area contributed by atoms with Gasteiger partial charge in [-0.1, -0.05) is 53.0 Å². The summed E-state index contributed by atoms with van der Waals surface area (Å²) in [6, 6.07) is 17.4. The molecule has 1 amide bonds. The van der Waals surface area contributed by atoms with Crippen LogP contribution in [0.5, 0.6) is 5.75 Å². The van der Waals surface area contributed by atoms with Gasteiger partial charge in [0.05, 0.1) is 15.7 Å². The summed E-state index contributed by atoms with van der Waals surface area (Å²) in [4.78, 5) is 12.5. The lowest BCUT2D eigenvalue weighted by molar-refractivity contribution is -0.112. The molecule has 0 aromatic heterocycles. The summed E-state index contributed by atoms with van der Waals surface area (Å²) >= 11 is 18.0. The third-order valence-corrected chi connectivity index (χ3v) is 5.11. The van der Waals surface area contributed by atoms with Crippen molar-refractivity contribution in [2.45, 2.75) is 6.61 Å². The number of nitriles is 1. The molecule has 156 valence electrons. The van der Waals surface area contributed by atoms with Gasteiger partial charge in [-0.05, 0) is 54.1 Å². The van der Waals surface area contributed by atoms with Gasteiger partial charge in [0.15, 0.2) is 0 Å². The third kappa shape index (κ3) is 5.99. The Morgan fingerprint density at radius 3 is 2.55 bits per heavy atom. The molecule has 0 atom stereocenters. The smallest absolute Gasteiger partial charge is 0.266 e. The van der Waals surface area contributed by atoms with Crippen molar-refractivity contribution < 1.29 is 13.9 Å². The standard InChI is InChI=1S/C23H14Cl3FN2O2/c24-17-6-8-22(31-13-14-5-7-18(25)19(26)9-14)15(11-17)10-16(12-28)23(30)29-21-4-2-1-3-20(21)27/h1-11H,13H2,(H,29,30)/b16-10+. The highest BCUT2D eigenvalue weighted by atomic mass is 35.5. The zero-order valence-corrected chi connectivity index (χ0v) is 18.1. The molecule has 0 bridgehead atoms. The summed E-state index contributed by atoms with van der Waals surface area (Å²) in [6.07, 6.45) is 1.33. The summed E-state index contributed by atoms with van der Waals surface area (Å²) in [7, 11) is 0. The number of ether oxygens (including phenoxy) is 1. The highest BCUT2D eigenvalue weighted by molar-refractivity contribution is 6.42. The predicted octanol–water partition coefficient (Wildman–Crippen LogP) is 6.91. The van der Waals surface area contributed by atoms with Gasteiger partial charge in [-0.3, -0.25) is 4.79 Å². The van der Waals surface area contributed by atoms with Crippen molar-refractivity contribution in [3.63, 3.8) is 0 Å². The number of hydrogen-bond donors (Lipinski definition) is 1. The molecule has 3 aromatic rings. The van der Waals surface area contributed by atoms with Gasteiger partial charge < -0.3 is 10.1 Å². The highest BCUT2D eigenvalue weighted by Crippen LogP contribution is 2.28. The Hall–Kier alpha value is -3.04. The maximum absolute atomic E-state index is 13.8. The highest BCUT2D eigenvalue weighted by Gasteiger charge is 2.14. The van der Waals surface area contributed by atoms with E-state index in [1.807, 2.05) is 6.07 Å². The molecule has 0 radical (unpaired) electrons. The Morgan fingerprint density at radius 2 is 1.84 bits per heavy atom. The van der Waals surface area contributed by atoms with E-state index in [0.29, 0.717) is 26.4 Å². The van der Waals surface area contributed by atoms with E-state index in [0.717, 1.165) is 5.56 Å². The number of anilines is 1. The Balaban J connectivity index is 1.84. The number of rotatable bonds is 6. The van der Waals surface area contributed by atoms with Gasteiger partial charge in [-0.2, -0.15) is 5.26 Å². The number of nitrogens with one attached hydrogen (secondary N) is 1. The van der Waals surface area contributed by atoms with E-state index in [1.165, 1.54) is 24.3 Å². The number of carbonyl (C=O) groups is 1. The van der Waals surface area contributed by atoms with E-state index in [4.69, 9.17) is 39.5 Å². The van der Waals surface area contributed by atoms with E-state index < -0.39 is 11.7 Å². The molecule has 0 aliphatic rings. The maximum atomic E-state index is 13.8. The second-order valence-electron chi connectivity index (χ2n) is 6.32. The summed E-state index contributed by atoms with van der Waals surface area (Å²) in [5.74, 6) is -0.980. The van der Waals surface area contributed by atoms with Crippen molar-refractivity contribution in [2.75, 3.05) is 5.32 Å². The van der Waals surface area contributed by atoms with Gasteiger partial charge in [-0.15, -0.1) is 0 Å². The molecule has 0 saturated carbocycles. The molecule has 4 nitrogen and oxygen atoms in total. The minimum atomic E-state index is -0.761. The summed E-state index contributed by atoms with van der Waals surface area (Å²) in [5.41, 5.74) is 0.908. The van der Waals surface area contributed by atoms with Crippen LogP contribution in [-0.2, 0) is 11.4 Å². The molecule has 0 saturated heterocycles. The van der Waals surface area contributed by atoms with Crippen molar-refractivity contribution in [3.8, 4) is 11.8 Å². The van der Waals surface area contributed by atoms with Crippen molar-refractivity contribution in [3.05, 3.63) is 98.2 Å². The first-order valence-corrected chi connectivity index (χ1v) is 10.0. The molecule has 1 N–H and O–H groups in total. The number of nitrogens with zero attached hydrogens (tertiary/aromatic N) is 1. The number of hydrogen-bond acceptors (Lipinski definition) is 3. The molecule has 0 aliphatic heterocycles. The van der Waals surface area contributed by atoms with Gasteiger partial charge in [0.2, 0.25) is 0 Å². The van der Waals surface area contributed by atoms with Gasteiger partial charge >= 0.3 is 0 Å². The van der Waals surface area contributed by atoms with Gasteiger partial charge in [-0.25, -0.2) is 4.39 Å². The van der Waals surface area contributed by atoms with E-state index in [-0.39, 0.29) is 17.9 Å². The SMILES string of the molecule is N#C/C(=C\c1cc(Cl)ccc1OCc1ccc(Cl)c(Cl)c1)C(=O)Nc1ccccc1F. The number of carbonyl (C=O) groups excluding carboxylic acids is 1. The molecule has 0 unspecified atom stereocenters. The van der Waals surface area contributed by atoms with Crippen LogP contribution in [0.15, 0.2) is 66.2 Å². The molecule has 0 aliphatic carbocycles. The van der Waals surface area contributed by atoms with Crippen LogP contribution in [0.1, 0.15) is 11.1 Å². The van der Waals surface area contributed by atoms with Crippen LogP contribution < -0.4 is 10.1 Å². The molecule has 3 rings (SSSR count). The predicted molar refractivity (Wildman–Crippen MR) is 121 cm³/mol. The van der Waals surface area contributed by atoms with E-state index in [1.54, 1.807) is 42.5 Å². The largest absolute Gasteiger partial charge is 0.488 e. The molecular formula is C23H14Cl3FN2O2. The molecule has 0 spiro atoms. The van der Waals surface area contributed by atoms with Gasteiger partial charge in [0.25, 0.3) is 5.91 Å². The first-order valence-electron chi connectivity index (χ1n) is 8.91. The van der Waals surface area contributed by atoms with Crippen molar-refractivity contribution in [2.24, 2.45) is 0 Å². The van der Waals surface area contributed by atoms with Gasteiger partial charge in [0, 0.05) is 10.6 Å². The quantitative estimate of drug-likeness (QED) is 0.311. The normalized spacial score (nSPS) is 11.0. The van der Waals surface area contributed by atoms with E-state index in [9.17, 15) is 14.4 Å². The zero-order chi connectivity index (χ0) is 22.4. The number of halogens is 4. The number of para-hydroxylation sites is 1. The molecule has 0 heterocycles. The van der Waals surface area contributed by atoms with Crippen LogP contribution in [0.25, 0.3) is 6.08 Å². The Kier molecular flexibility index (Phi) is 7.54. The summed E-state index contributed by atoms with van der Waals surface area (Å²) in [5, 5.41) is 13.1. The van der Waals surface area contributed by atoms with Gasteiger partial charge in [0.1, 0.15) is 29.8 Å². The fraction of sp³-hybridized carbons (Fsp3) is 0.0435. The third-order valence-electron chi connectivity index (χ3n) is 4.14. The fourth-order valence-electron chi connectivity index (χ4n) is 2.61. The van der Waals surface area contributed by atoms with Crippen LogP contribution in [0.2, 0.25) is 15.1 Å². The Morgan fingerprint density at radius 1 is 1.06 bits per heavy atom. The minimum absolute atomic E-state index is 0.0316. The zero-order valence-electron chi connectivity index (χ0n) is 15.8. The lowest BCUT2D eigenvalue weighted by atomic mass is 10.1. The average molecular weight is 476 g/mol. The van der Waals surface area contributed by atoms with Crippen LogP contribution in [0.4, 0.5) is 10.1 Å². The lowest BCUT2D eigenvalue weighted by Crippen LogP contribution is -2.14. The fourth-order valence-corrected chi connectivity index (χ4v) is 3.11. The van der Waals surface area contributed by atoms with Crippen LogP contribution in [-0.4, -0.2) is 5.91 Å². The first kappa shape index (κ1) is 22.6. The van der Waals surface area contributed by atoms with E-state index >= 15 is 0 Å². The molecule has 31 heavy (non-hydrogen) atoms. The van der Waals surface area contributed by atoms with Crippen LogP contribution >= 0.6 is 34.8 Å². The second-order valence-corrected chi connectivity index (χ2v) is 7.57. The van der Waals surface area contributed by atoms with Crippen LogP contribution in [0.3, 0.4) is 0 Å². The number of amides is 1. The second kappa shape index (κ2) is 10.3. The summed E-state index contributed by atoms with van der Waals surface area (Å²) in [6.45, 7) is 0.169. The molecule has 0 fully saturated rings. The van der Waals surface area contributed by atoms with Crippen molar-refractivity contribution in [1.82, 2.24) is 0 Å². The molecule has 8 heteroatoms. The monoisotopic (exact) mass is 474 g/mol. The maximum Gasteiger partial charge on any atom is 0.266 e. The van der Waals surface area contributed by atoms with Crippen LogP contribution in [0, 0.1) is 17.1 Å². The molecule has 3 aromatic carbocycles. The minimum Gasteiger partial charge on any atom is -0.488 e. The topological polar surface area (TPSA) is 62.1 Å². The molecular weight excluding hydrogens is 462 g/mol. The summed E-state index contributed by atoms with van der Waals surface area (Å²) < 4.78 is 19.6. The Labute approximate surface area is 193 Å². The van der Waals surface area contributed by atoms with Crippen molar-refractivity contribution in [1.29, 1.82) is 5.26 Å². The Bertz CT molecular complexity index is 1210. The van der Waals surface area contributed by atoms with E-state index in [2.05, 4.69) is 5.32 Å². The average Bonchev–Trinajstić information content (AvgIpc) is 2.75.